The number of nitrogens with zero attached hydrogens (tertiary/aromatic N) is 2. The number of aliphatic hydroxyl groups excluding tert-OH is 1. The smallest absolute Gasteiger partial charge is 0.267 e. The molecule has 2 rings (SSSR count). The third-order valence-electron chi connectivity index (χ3n) is 1.99. The molecule has 2 heterocycles. The van der Waals surface area contributed by atoms with Crippen LogP contribution in [0.15, 0.2) is 30.2 Å². The second kappa shape index (κ2) is 5.91. The maximum absolute atomic E-state index is 12.0. The van der Waals surface area contributed by atoms with Gasteiger partial charge in [-0.25, -0.2) is 9.97 Å². The number of carbonyl (C=O) groups is 1. The van der Waals surface area contributed by atoms with Crippen LogP contribution in [0.5, 0.6) is 0 Å². The Hall–Kier alpha value is -2.23. The van der Waals surface area contributed by atoms with Crippen LogP contribution < -0.4 is 5.32 Å². The van der Waals surface area contributed by atoms with Gasteiger partial charge in [0.1, 0.15) is 17.8 Å². The lowest BCUT2D eigenvalue weighted by molar-refractivity contribution is 0.103. The van der Waals surface area contributed by atoms with Crippen LogP contribution in [-0.4, -0.2) is 27.6 Å². The van der Waals surface area contributed by atoms with Crippen molar-refractivity contribution in [3.8, 4) is 11.8 Å². The predicted octanol–water partition coefficient (Wildman–Crippen LogP) is 1.13. The molecular weight excluding hydrogens is 250 g/mol. The molecular formula is C12H9N3O2S. The fraction of sp³-hybridized carbons (Fsp3) is 0.0833. The molecule has 2 aromatic rings. The molecule has 2 aromatic heterocycles. The average Bonchev–Trinajstić information content (AvgIpc) is 2.86. The minimum absolute atomic E-state index is 0.233. The number of amides is 1. The highest BCUT2D eigenvalue weighted by molar-refractivity contribution is 7.12. The molecule has 18 heavy (non-hydrogen) atoms. The van der Waals surface area contributed by atoms with Crippen LogP contribution in [0.1, 0.15) is 15.2 Å². The lowest BCUT2D eigenvalue weighted by Crippen LogP contribution is -2.11. The first-order valence-corrected chi connectivity index (χ1v) is 5.93. The second-order valence-electron chi connectivity index (χ2n) is 3.20. The Balaban J connectivity index is 2.17. The summed E-state index contributed by atoms with van der Waals surface area (Å²) < 4.78 is 0. The van der Waals surface area contributed by atoms with Crippen LogP contribution in [0.3, 0.4) is 0 Å². The van der Waals surface area contributed by atoms with Crippen LogP contribution in [0, 0.1) is 11.8 Å². The van der Waals surface area contributed by atoms with Gasteiger partial charge in [-0.05, 0) is 11.4 Å². The number of aliphatic hydroxyl groups is 1. The highest BCUT2D eigenvalue weighted by Crippen LogP contribution is 2.17. The Morgan fingerprint density at radius 2 is 2.22 bits per heavy atom. The maximum atomic E-state index is 12.0. The van der Waals surface area contributed by atoms with Crippen LogP contribution in [0.4, 0.5) is 5.69 Å². The normalized spacial score (nSPS) is 9.39. The van der Waals surface area contributed by atoms with E-state index in [-0.39, 0.29) is 12.5 Å². The molecule has 90 valence electrons. The molecule has 0 fully saturated rings. The number of hydrogen-bond donors (Lipinski definition) is 2. The monoisotopic (exact) mass is 259 g/mol. The Morgan fingerprint density at radius 1 is 1.44 bits per heavy atom. The quantitative estimate of drug-likeness (QED) is 0.793. The van der Waals surface area contributed by atoms with Crippen molar-refractivity contribution in [3.63, 3.8) is 0 Å². The van der Waals surface area contributed by atoms with Crippen molar-refractivity contribution < 1.29 is 9.90 Å². The number of hydrogen-bond acceptors (Lipinski definition) is 5. The fourth-order valence-electron chi connectivity index (χ4n) is 1.27. The number of anilines is 1. The van der Waals surface area contributed by atoms with Gasteiger partial charge in [-0.2, -0.15) is 0 Å². The van der Waals surface area contributed by atoms with Gasteiger partial charge in [-0.3, -0.25) is 4.79 Å². The standard InChI is InChI=1S/C12H9N3O2S/c16-4-1-2-9-3-5-18-11(9)12(17)15-10-6-13-8-14-7-10/h3,5-8,16H,4H2,(H,15,17). The Labute approximate surface area is 108 Å². The third kappa shape index (κ3) is 2.91. The van der Waals surface area contributed by atoms with Crippen LogP contribution >= 0.6 is 11.3 Å². The van der Waals surface area contributed by atoms with Crippen molar-refractivity contribution in [1.82, 2.24) is 9.97 Å². The van der Waals surface area contributed by atoms with Gasteiger partial charge in [-0.15, -0.1) is 11.3 Å². The lowest BCUT2D eigenvalue weighted by atomic mass is 10.2. The van der Waals surface area contributed by atoms with E-state index in [4.69, 9.17) is 5.11 Å². The fourth-order valence-corrected chi connectivity index (χ4v) is 2.01. The Bertz CT molecular complexity index is 599. The van der Waals surface area contributed by atoms with Crippen molar-refractivity contribution in [2.75, 3.05) is 11.9 Å². The zero-order valence-corrected chi connectivity index (χ0v) is 10.1. The van der Waals surface area contributed by atoms with Gasteiger partial charge < -0.3 is 10.4 Å². The highest BCUT2D eigenvalue weighted by Gasteiger charge is 2.12. The molecule has 1 amide bonds. The summed E-state index contributed by atoms with van der Waals surface area (Å²) >= 11 is 1.29. The van der Waals surface area contributed by atoms with Crippen molar-refractivity contribution in [2.24, 2.45) is 0 Å². The summed E-state index contributed by atoms with van der Waals surface area (Å²) in [7, 11) is 0. The second-order valence-corrected chi connectivity index (χ2v) is 4.12. The number of nitrogens with one attached hydrogen (secondary N) is 1. The van der Waals surface area contributed by atoms with E-state index in [1.54, 1.807) is 11.4 Å². The number of thiophene rings is 1. The number of rotatable bonds is 2. The van der Waals surface area contributed by atoms with Crippen molar-refractivity contribution >= 4 is 22.9 Å². The van der Waals surface area contributed by atoms with E-state index >= 15 is 0 Å². The Morgan fingerprint density at radius 3 is 2.94 bits per heavy atom. The van der Waals surface area contributed by atoms with Gasteiger partial charge in [0.05, 0.1) is 18.1 Å². The Kier molecular flexibility index (Phi) is 4.02. The van der Waals surface area contributed by atoms with E-state index in [0.717, 1.165) is 0 Å². The zero-order valence-electron chi connectivity index (χ0n) is 9.25. The molecule has 0 aliphatic carbocycles. The summed E-state index contributed by atoms with van der Waals surface area (Å²) in [4.78, 5) is 20.1. The minimum atomic E-state index is -0.262. The average molecular weight is 259 g/mol. The molecule has 5 nitrogen and oxygen atoms in total. The van der Waals surface area contributed by atoms with Crippen LogP contribution in [0.25, 0.3) is 0 Å². The van der Waals surface area contributed by atoms with Crippen molar-refractivity contribution in [1.29, 1.82) is 0 Å². The van der Waals surface area contributed by atoms with Gasteiger partial charge in [0.15, 0.2) is 0 Å². The summed E-state index contributed by atoms with van der Waals surface area (Å²) in [5, 5.41) is 13.1. The zero-order chi connectivity index (χ0) is 12.8. The molecule has 0 saturated carbocycles. The minimum Gasteiger partial charge on any atom is -0.384 e. The third-order valence-corrected chi connectivity index (χ3v) is 2.91. The van der Waals surface area contributed by atoms with E-state index in [2.05, 4.69) is 27.1 Å². The van der Waals surface area contributed by atoms with E-state index in [0.29, 0.717) is 16.1 Å². The number of aromatic nitrogens is 2. The van der Waals surface area contributed by atoms with Crippen molar-refractivity contribution in [2.45, 2.75) is 0 Å². The van der Waals surface area contributed by atoms with Crippen molar-refractivity contribution in [3.05, 3.63) is 40.6 Å². The van der Waals surface area contributed by atoms with Gasteiger partial charge >= 0.3 is 0 Å². The summed E-state index contributed by atoms with van der Waals surface area (Å²) in [6, 6.07) is 1.74. The molecule has 0 atom stereocenters. The maximum Gasteiger partial charge on any atom is 0.267 e. The molecule has 0 aliphatic heterocycles. The molecule has 0 radical (unpaired) electrons. The summed E-state index contributed by atoms with van der Waals surface area (Å²) in [5.74, 6) is 4.98. The molecule has 0 saturated heterocycles. The van der Waals surface area contributed by atoms with Crippen LogP contribution in [0.2, 0.25) is 0 Å². The first kappa shape index (κ1) is 12.2. The first-order valence-electron chi connectivity index (χ1n) is 5.05. The molecule has 0 aromatic carbocycles. The van der Waals surface area contributed by atoms with Crippen LogP contribution in [-0.2, 0) is 0 Å². The van der Waals surface area contributed by atoms with Gasteiger partial charge in [0, 0.05) is 5.56 Å². The van der Waals surface area contributed by atoms with E-state index in [9.17, 15) is 4.79 Å². The predicted molar refractivity (Wildman–Crippen MR) is 68.3 cm³/mol. The summed E-state index contributed by atoms with van der Waals surface area (Å²) in [6.07, 6.45) is 4.41. The number of carbonyl (C=O) groups excluding carboxylic acids is 1. The molecule has 0 bridgehead atoms. The SMILES string of the molecule is O=C(Nc1cncnc1)c1sccc1C#CCO. The summed E-state index contributed by atoms with van der Waals surface area (Å²) in [6.45, 7) is -0.233. The van der Waals surface area contributed by atoms with E-state index in [1.165, 1.54) is 30.1 Å². The largest absolute Gasteiger partial charge is 0.384 e. The van der Waals surface area contributed by atoms with Gasteiger partial charge in [0.2, 0.25) is 0 Å². The molecule has 0 aliphatic rings. The van der Waals surface area contributed by atoms with E-state index < -0.39 is 0 Å². The molecule has 0 unspecified atom stereocenters. The molecule has 0 spiro atoms. The summed E-state index contributed by atoms with van der Waals surface area (Å²) in [5.41, 5.74) is 1.13. The van der Waals surface area contributed by atoms with Gasteiger partial charge in [-0.1, -0.05) is 11.8 Å². The molecule has 6 heteroatoms. The van der Waals surface area contributed by atoms with Gasteiger partial charge in [0.25, 0.3) is 5.91 Å². The molecule has 2 N–H and O–H groups in total. The topological polar surface area (TPSA) is 75.1 Å². The first-order chi connectivity index (χ1) is 8.81. The highest BCUT2D eigenvalue weighted by atomic mass is 32.1. The van der Waals surface area contributed by atoms with E-state index in [1.807, 2.05) is 0 Å². The lowest BCUT2D eigenvalue weighted by Gasteiger charge is -2.02.